The van der Waals surface area contributed by atoms with Gasteiger partial charge in [0.2, 0.25) is 0 Å². The summed E-state index contributed by atoms with van der Waals surface area (Å²) in [7, 11) is 1.87. The average Bonchev–Trinajstić information content (AvgIpc) is 1.98. The topological polar surface area (TPSA) is 35.2 Å². The van der Waals surface area contributed by atoms with Gasteiger partial charge in [0.1, 0.15) is 0 Å². The van der Waals surface area contributed by atoms with Gasteiger partial charge < -0.3 is 0 Å². The predicted octanol–water partition coefficient (Wildman–Crippen LogP) is 1.77. The van der Waals surface area contributed by atoms with E-state index < -0.39 is 20.2 Å². The standard InChI is InChI=1S/C5H12N.C2H5.CH3O.Sn/c1-3-4-5(2)6;2*1-2;/h5H,1,3-4,6H2,2H3;1H2,2H3;1H3;/q;;-1;+2. The Kier molecular flexibility index (Phi) is 7.85. The molecule has 2 nitrogen and oxygen atoms in total. The van der Waals surface area contributed by atoms with E-state index in [0.29, 0.717) is 6.04 Å². The third kappa shape index (κ3) is 7.09. The molecule has 66 valence electrons. The van der Waals surface area contributed by atoms with E-state index >= 15 is 0 Å². The summed E-state index contributed by atoms with van der Waals surface area (Å²) in [6, 6.07) is 0.369. The van der Waals surface area contributed by atoms with Gasteiger partial charge in [0.05, 0.1) is 0 Å². The second-order valence-electron chi connectivity index (χ2n) is 2.97. The summed E-state index contributed by atoms with van der Waals surface area (Å²) in [5, 5.41) is 0. The van der Waals surface area contributed by atoms with E-state index in [4.69, 9.17) is 8.81 Å². The molecule has 0 aromatic rings. The van der Waals surface area contributed by atoms with Crippen LogP contribution in [0, 0.1) is 0 Å². The van der Waals surface area contributed by atoms with E-state index in [1.54, 1.807) is 0 Å². The van der Waals surface area contributed by atoms with Crippen molar-refractivity contribution in [2.24, 2.45) is 5.73 Å². The summed E-state index contributed by atoms with van der Waals surface area (Å²) in [6.07, 6.45) is 2.43. The molecule has 0 spiro atoms. The summed E-state index contributed by atoms with van der Waals surface area (Å²) in [4.78, 5) is 0. The molecule has 0 rings (SSSR count). The van der Waals surface area contributed by atoms with Crippen LogP contribution in [0.5, 0.6) is 0 Å². The van der Waals surface area contributed by atoms with Gasteiger partial charge in [-0.05, 0) is 0 Å². The molecular formula is C8H20NOSn+. The van der Waals surface area contributed by atoms with Crippen molar-refractivity contribution >= 4 is 20.2 Å². The van der Waals surface area contributed by atoms with Gasteiger partial charge in [0.25, 0.3) is 0 Å². The van der Waals surface area contributed by atoms with Gasteiger partial charge in [-0.1, -0.05) is 0 Å². The van der Waals surface area contributed by atoms with Gasteiger partial charge in [-0.2, -0.15) is 0 Å². The first-order chi connectivity index (χ1) is 5.20. The fraction of sp³-hybridized carbons (Fsp3) is 1.00. The van der Waals surface area contributed by atoms with Crippen molar-refractivity contribution in [1.29, 1.82) is 0 Å². The normalized spacial score (nSPS) is 13.1. The second-order valence-corrected chi connectivity index (χ2v) is 10.7. The fourth-order valence-electron chi connectivity index (χ4n) is 1.04. The van der Waals surface area contributed by atoms with Crippen LogP contribution in [-0.2, 0) is 3.07 Å². The molecule has 0 amide bonds. The van der Waals surface area contributed by atoms with Crippen LogP contribution < -0.4 is 5.73 Å². The minimum absolute atomic E-state index is 0.369. The second kappa shape index (κ2) is 7.37. The molecule has 0 aliphatic rings. The van der Waals surface area contributed by atoms with Gasteiger partial charge in [0.15, 0.2) is 0 Å². The SMILES string of the molecule is C[CH2][Sn+]([CH2]CCC(C)N)[O]C. The van der Waals surface area contributed by atoms with Gasteiger partial charge in [0, 0.05) is 0 Å². The zero-order valence-corrected chi connectivity index (χ0v) is 10.7. The third-order valence-electron chi connectivity index (χ3n) is 1.80. The summed E-state index contributed by atoms with van der Waals surface area (Å²) in [6.45, 7) is 4.31. The molecule has 0 aromatic carbocycles. The van der Waals surface area contributed by atoms with E-state index in [-0.39, 0.29) is 0 Å². The molecule has 0 heterocycles. The maximum atomic E-state index is 5.64. The Labute approximate surface area is 77.8 Å². The molecule has 0 radical (unpaired) electrons. The number of rotatable bonds is 6. The Bertz CT molecular complexity index is 84.2. The summed E-state index contributed by atoms with van der Waals surface area (Å²) in [5.74, 6) is 0. The first-order valence-corrected chi connectivity index (χ1v) is 9.55. The molecule has 0 bridgehead atoms. The molecule has 11 heavy (non-hydrogen) atoms. The number of hydrogen-bond donors (Lipinski definition) is 1. The maximum absolute atomic E-state index is 5.64. The van der Waals surface area contributed by atoms with Gasteiger partial charge in [-0.3, -0.25) is 0 Å². The molecule has 0 aliphatic heterocycles. The molecule has 0 saturated carbocycles. The van der Waals surface area contributed by atoms with Crippen LogP contribution in [0.1, 0.15) is 26.7 Å². The minimum atomic E-state index is -1.32. The Morgan fingerprint density at radius 3 is 2.55 bits per heavy atom. The monoisotopic (exact) mass is 266 g/mol. The Morgan fingerprint density at radius 1 is 1.55 bits per heavy atom. The zero-order chi connectivity index (χ0) is 8.69. The first-order valence-electron chi connectivity index (χ1n) is 4.35. The Morgan fingerprint density at radius 2 is 2.18 bits per heavy atom. The fourth-order valence-corrected chi connectivity index (χ4v) is 5.17. The van der Waals surface area contributed by atoms with E-state index in [1.807, 2.05) is 7.11 Å². The number of hydrogen-bond acceptors (Lipinski definition) is 2. The predicted molar refractivity (Wildman–Crippen MR) is 50.9 cm³/mol. The van der Waals surface area contributed by atoms with E-state index in [9.17, 15) is 0 Å². The van der Waals surface area contributed by atoms with Crippen LogP contribution >= 0.6 is 0 Å². The average molecular weight is 265 g/mol. The van der Waals surface area contributed by atoms with Crippen molar-refractivity contribution in [3.63, 3.8) is 0 Å². The van der Waals surface area contributed by atoms with Crippen LogP contribution in [0.3, 0.4) is 0 Å². The van der Waals surface area contributed by atoms with Crippen LogP contribution in [0.25, 0.3) is 0 Å². The van der Waals surface area contributed by atoms with Crippen molar-refractivity contribution in [3.05, 3.63) is 0 Å². The molecule has 0 aromatic heterocycles. The van der Waals surface area contributed by atoms with Gasteiger partial charge in [-0.15, -0.1) is 0 Å². The van der Waals surface area contributed by atoms with E-state index in [1.165, 1.54) is 15.3 Å². The Hall–Kier alpha value is 0.719. The van der Waals surface area contributed by atoms with Crippen molar-refractivity contribution in [1.82, 2.24) is 0 Å². The molecule has 3 heteroatoms. The Balaban J connectivity index is 3.21. The first kappa shape index (κ1) is 11.7. The number of nitrogens with two attached hydrogens (primary N) is 1. The van der Waals surface area contributed by atoms with Crippen LogP contribution in [0.15, 0.2) is 0 Å². The van der Waals surface area contributed by atoms with E-state index in [2.05, 4.69) is 13.8 Å². The summed E-state index contributed by atoms with van der Waals surface area (Å²) < 4.78 is 8.08. The molecule has 1 atom stereocenters. The summed E-state index contributed by atoms with van der Waals surface area (Å²) >= 11 is -1.32. The molecule has 1 unspecified atom stereocenters. The van der Waals surface area contributed by atoms with Gasteiger partial charge in [-0.25, -0.2) is 0 Å². The third-order valence-corrected chi connectivity index (χ3v) is 8.30. The van der Waals surface area contributed by atoms with Crippen LogP contribution in [0.2, 0.25) is 8.87 Å². The van der Waals surface area contributed by atoms with Gasteiger partial charge >= 0.3 is 77.7 Å². The molecule has 0 fully saturated rings. The van der Waals surface area contributed by atoms with Crippen molar-refractivity contribution in [2.75, 3.05) is 7.11 Å². The van der Waals surface area contributed by atoms with Crippen molar-refractivity contribution < 1.29 is 3.07 Å². The molecule has 0 aliphatic carbocycles. The molecule has 0 saturated heterocycles. The zero-order valence-electron chi connectivity index (χ0n) is 7.89. The molecule has 2 N–H and O–H groups in total. The summed E-state index contributed by atoms with van der Waals surface area (Å²) in [5.41, 5.74) is 5.64. The van der Waals surface area contributed by atoms with Crippen LogP contribution in [-0.4, -0.2) is 33.3 Å². The van der Waals surface area contributed by atoms with Crippen molar-refractivity contribution in [3.8, 4) is 0 Å². The van der Waals surface area contributed by atoms with Crippen LogP contribution in [0.4, 0.5) is 0 Å². The van der Waals surface area contributed by atoms with Crippen molar-refractivity contribution in [2.45, 2.75) is 41.6 Å². The molecular weight excluding hydrogens is 245 g/mol. The van der Waals surface area contributed by atoms with E-state index in [0.717, 1.165) is 6.42 Å². The quantitative estimate of drug-likeness (QED) is 0.743.